The van der Waals surface area contributed by atoms with Crippen molar-refractivity contribution in [3.63, 3.8) is 0 Å². The molecule has 4 rings (SSSR count). The van der Waals surface area contributed by atoms with Crippen molar-refractivity contribution in [2.45, 2.75) is 6.92 Å². The Kier molecular flexibility index (Phi) is 5.36. The van der Waals surface area contributed by atoms with Crippen LogP contribution in [0.15, 0.2) is 53.5 Å². The summed E-state index contributed by atoms with van der Waals surface area (Å²) in [6.07, 6.45) is 3.26. The fourth-order valence-electron chi connectivity index (χ4n) is 2.44. The van der Waals surface area contributed by atoms with E-state index in [2.05, 4.69) is 30.6 Å². The number of hydrogen-bond acceptors (Lipinski definition) is 8. The van der Waals surface area contributed by atoms with Gasteiger partial charge in [0.15, 0.2) is 16.0 Å². The van der Waals surface area contributed by atoms with Crippen LogP contribution in [0.4, 0.5) is 10.8 Å². The molecule has 0 aliphatic carbocycles. The number of benzene rings is 1. The molecule has 144 valence electrons. The lowest BCUT2D eigenvalue weighted by Crippen LogP contribution is -2.12. The van der Waals surface area contributed by atoms with Crippen LogP contribution in [0.25, 0.3) is 22.1 Å². The predicted octanol–water partition coefficient (Wildman–Crippen LogP) is 3.93. The van der Waals surface area contributed by atoms with Crippen LogP contribution >= 0.6 is 22.7 Å². The highest BCUT2D eigenvalue weighted by Gasteiger charge is 2.15. The van der Waals surface area contributed by atoms with Gasteiger partial charge in [-0.15, -0.1) is 22.7 Å². The van der Waals surface area contributed by atoms with E-state index in [1.165, 1.54) is 29.6 Å². The number of anilines is 2. The number of carbonyl (C=O) groups is 2. The molecule has 0 aliphatic rings. The average Bonchev–Trinajstić information content (AvgIpc) is 3.39. The van der Waals surface area contributed by atoms with E-state index in [4.69, 9.17) is 0 Å². The summed E-state index contributed by atoms with van der Waals surface area (Å²) in [5.41, 5.74) is 2.62. The number of aromatic nitrogens is 4. The van der Waals surface area contributed by atoms with Crippen molar-refractivity contribution in [2.24, 2.45) is 0 Å². The zero-order valence-electron chi connectivity index (χ0n) is 15.1. The van der Waals surface area contributed by atoms with E-state index >= 15 is 0 Å². The standard InChI is InChI=1S/C19H14N6O2S2/c1-11(26)22-13-5-3-12(4-6-13)14-9-29-19(24-14)25-17(27)15-10-28-18(23-15)16-20-7-2-8-21-16/h2-10H,1H3,(H,22,26)(H,24,25,27). The molecule has 0 unspecified atom stereocenters. The van der Waals surface area contributed by atoms with E-state index in [9.17, 15) is 9.59 Å². The maximum absolute atomic E-state index is 12.5. The first-order chi connectivity index (χ1) is 14.1. The Bertz CT molecular complexity index is 1150. The minimum absolute atomic E-state index is 0.125. The normalized spacial score (nSPS) is 10.5. The lowest BCUT2D eigenvalue weighted by Gasteiger charge is -2.02. The molecule has 0 radical (unpaired) electrons. The molecule has 3 aromatic heterocycles. The van der Waals surface area contributed by atoms with Crippen LogP contribution in [0, 0.1) is 0 Å². The van der Waals surface area contributed by atoms with Crippen molar-refractivity contribution in [1.29, 1.82) is 0 Å². The Balaban J connectivity index is 1.44. The number of thiazole rings is 2. The highest BCUT2D eigenvalue weighted by atomic mass is 32.1. The summed E-state index contributed by atoms with van der Waals surface area (Å²) in [4.78, 5) is 40.6. The third-order valence-corrected chi connectivity index (χ3v) is 5.32. The highest BCUT2D eigenvalue weighted by molar-refractivity contribution is 7.14. The predicted molar refractivity (Wildman–Crippen MR) is 113 cm³/mol. The van der Waals surface area contributed by atoms with Gasteiger partial charge >= 0.3 is 0 Å². The quantitative estimate of drug-likeness (QED) is 0.504. The van der Waals surface area contributed by atoms with Gasteiger partial charge in [0.25, 0.3) is 5.91 Å². The first-order valence-corrected chi connectivity index (χ1v) is 10.2. The highest BCUT2D eigenvalue weighted by Crippen LogP contribution is 2.27. The zero-order valence-corrected chi connectivity index (χ0v) is 16.8. The molecule has 4 aromatic rings. The van der Waals surface area contributed by atoms with Gasteiger partial charge in [-0.2, -0.15) is 0 Å². The molecule has 1 aromatic carbocycles. The van der Waals surface area contributed by atoms with Crippen LogP contribution in [0.5, 0.6) is 0 Å². The molecule has 0 saturated carbocycles. The summed E-state index contributed by atoms with van der Waals surface area (Å²) in [7, 11) is 0. The second kappa shape index (κ2) is 8.25. The molecule has 8 nitrogen and oxygen atoms in total. The fraction of sp³-hybridized carbons (Fsp3) is 0.0526. The molecule has 0 fully saturated rings. The zero-order chi connectivity index (χ0) is 20.2. The molecular formula is C19H14N6O2S2. The lowest BCUT2D eigenvalue weighted by molar-refractivity contribution is -0.114. The van der Waals surface area contributed by atoms with Gasteiger partial charge in [0.2, 0.25) is 5.91 Å². The first kappa shape index (κ1) is 18.8. The summed E-state index contributed by atoms with van der Waals surface area (Å²) < 4.78 is 0. The first-order valence-electron chi connectivity index (χ1n) is 8.46. The van der Waals surface area contributed by atoms with Crippen LogP contribution in [0.2, 0.25) is 0 Å². The number of nitrogens with one attached hydrogen (secondary N) is 2. The third kappa shape index (κ3) is 4.50. The second-order valence-corrected chi connectivity index (χ2v) is 7.58. The van der Waals surface area contributed by atoms with Crippen LogP contribution < -0.4 is 10.6 Å². The second-order valence-electron chi connectivity index (χ2n) is 5.86. The van der Waals surface area contributed by atoms with E-state index in [0.29, 0.717) is 21.7 Å². The number of rotatable bonds is 5. The minimum atomic E-state index is -0.342. The smallest absolute Gasteiger partial charge is 0.276 e. The van der Waals surface area contributed by atoms with E-state index in [-0.39, 0.29) is 17.5 Å². The van der Waals surface area contributed by atoms with Crippen molar-refractivity contribution < 1.29 is 9.59 Å². The summed E-state index contributed by atoms with van der Waals surface area (Å²) in [6, 6.07) is 9.04. The summed E-state index contributed by atoms with van der Waals surface area (Å²) in [6.45, 7) is 1.46. The van der Waals surface area contributed by atoms with Crippen molar-refractivity contribution in [3.05, 3.63) is 59.2 Å². The van der Waals surface area contributed by atoms with Crippen LogP contribution in [-0.2, 0) is 4.79 Å². The van der Waals surface area contributed by atoms with Crippen LogP contribution in [0.1, 0.15) is 17.4 Å². The van der Waals surface area contributed by atoms with E-state index in [0.717, 1.165) is 11.3 Å². The van der Waals surface area contributed by atoms with Crippen LogP contribution in [-0.4, -0.2) is 31.8 Å². The Morgan fingerprint density at radius 3 is 2.41 bits per heavy atom. The maximum Gasteiger partial charge on any atom is 0.276 e. The van der Waals surface area contributed by atoms with Crippen molar-refractivity contribution in [1.82, 2.24) is 19.9 Å². The van der Waals surface area contributed by atoms with Gasteiger partial charge in [-0.3, -0.25) is 14.9 Å². The maximum atomic E-state index is 12.5. The molecule has 0 atom stereocenters. The van der Waals surface area contributed by atoms with E-state index in [1.807, 2.05) is 17.5 Å². The Labute approximate surface area is 173 Å². The van der Waals surface area contributed by atoms with Gasteiger partial charge in [0, 0.05) is 41.3 Å². The van der Waals surface area contributed by atoms with Gasteiger partial charge < -0.3 is 5.32 Å². The van der Waals surface area contributed by atoms with E-state index < -0.39 is 0 Å². The van der Waals surface area contributed by atoms with Gasteiger partial charge in [0.05, 0.1) is 5.69 Å². The minimum Gasteiger partial charge on any atom is -0.326 e. The number of amides is 2. The molecule has 10 heteroatoms. The molecule has 0 spiro atoms. The number of carbonyl (C=O) groups excluding carboxylic acids is 2. The summed E-state index contributed by atoms with van der Waals surface area (Å²) in [5, 5.41) is 10.1. The van der Waals surface area contributed by atoms with E-state index in [1.54, 1.807) is 36.0 Å². The monoisotopic (exact) mass is 422 g/mol. The molecule has 0 aliphatic heterocycles. The topological polar surface area (TPSA) is 110 Å². The third-order valence-electron chi connectivity index (χ3n) is 3.72. The van der Waals surface area contributed by atoms with Crippen molar-refractivity contribution >= 4 is 45.3 Å². The van der Waals surface area contributed by atoms with Crippen LogP contribution in [0.3, 0.4) is 0 Å². The molecular weight excluding hydrogens is 408 g/mol. The fourth-order valence-corrected chi connectivity index (χ4v) is 3.90. The number of hydrogen-bond donors (Lipinski definition) is 2. The summed E-state index contributed by atoms with van der Waals surface area (Å²) >= 11 is 2.63. The molecule has 2 amide bonds. The SMILES string of the molecule is CC(=O)Nc1ccc(-c2csc(NC(=O)c3csc(-c4ncccn4)n3)n2)cc1. The van der Waals surface area contributed by atoms with Crippen molar-refractivity contribution in [3.8, 4) is 22.1 Å². The largest absolute Gasteiger partial charge is 0.326 e. The molecule has 2 N–H and O–H groups in total. The van der Waals surface area contributed by atoms with Gasteiger partial charge in [-0.1, -0.05) is 12.1 Å². The molecule has 29 heavy (non-hydrogen) atoms. The van der Waals surface area contributed by atoms with Gasteiger partial charge in [0.1, 0.15) is 5.69 Å². The Morgan fingerprint density at radius 1 is 0.931 bits per heavy atom. The van der Waals surface area contributed by atoms with Gasteiger partial charge in [-0.25, -0.2) is 19.9 Å². The Hall–Kier alpha value is -3.50. The Morgan fingerprint density at radius 2 is 1.69 bits per heavy atom. The average molecular weight is 422 g/mol. The summed E-state index contributed by atoms with van der Waals surface area (Å²) in [5.74, 6) is 0.0153. The number of nitrogens with zero attached hydrogens (tertiary/aromatic N) is 4. The lowest BCUT2D eigenvalue weighted by atomic mass is 10.1. The molecule has 0 bridgehead atoms. The van der Waals surface area contributed by atoms with Crippen molar-refractivity contribution in [2.75, 3.05) is 10.6 Å². The van der Waals surface area contributed by atoms with Gasteiger partial charge in [-0.05, 0) is 18.2 Å². The molecule has 3 heterocycles. The molecule has 0 saturated heterocycles.